The molecule has 1 rings (SSSR count). The lowest BCUT2D eigenvalue weighted by molar-refractivity contribution is -0.128. The SMILES string of the molecule is CN=C(NCC(C)(C)C(=O)NC)N(C)Cc1cccn1C.I. The average Bonchev–Trinajstić information content (AvgIpc) is 2.83. The number of hydrogen-bond acceptors (Lipinski definition) is 2. The van der Waals surface area contributed by atoms with Crippen LogP contribution in [-0.4, -0.2) is 49.0 Å². The maximum absolute atomic E-state index is 11.8. The summed E-state index contributed by atoms with van der Waals surface area (Å²) < 4.78 is 2.08. The molecule has 1 aromatic rings. The van der Waals surface area contributed by atoms with Gasteiger partial charge in [-0.25, -0.2) is 0 Å². The van der Waals surface area contributed by atoms with Gasteiger partial charge >= 0.3 is 0 Å². The van der Waals surface area contributed by atoms with Crippen molar-refractivity contribution in [3.63, 3.8) is 0 Å². The molecular weight excluding hydrogens is 393 g/mol. The average molecular weight is 421 g/mol. The zero-order valence-corrected chi connectivity index (χ0v) is 16.6. The summed E-state index contributed by atoms with van der Waals surface area (Å²) >= 11 is 0. The van der Waals surface area contributed by atoms with Gasteiger partial charge in [-0.1, -0.05) is 0 Å². The van der Waals surface area contributed by atoms with Crippen LogP contribution in [0.1, 0.15) is 19.5 Å². The standard InChI is InChI=1S/C15H27N5O.HI/c1-15(2,13(21)16-3)11-18-14(17-4)20(6)10-12-8-7-9-19(12)5;/h7-9H,10-11H2,1-6H3,(H,16,21)(H,17,18);1H. The zero-order valence-electron chi connectivity index (χ0n) is 14.3. The lowest BCUT2D eigenvalue weighted by atomic mass is 9.92. The first kappa shape index (κ1) is 20.8. The van der Waals surface area contributed by atoms with E-state index in [0.717, 1.165) is 12.5 Å². The summed E-state index contributed by atoms with van der Waals surface area (Å²) in [7, 11) is 7.40. The molecule has 0 aliphatic carbocycles. The third-order valence-corrected chi connectivity index (χ3v) is 3.55. The van der Waals surface area contributed by atoms with Gasteiger partial charge in [-0.05, 0) is 26.0 Å². The summed E-state index contributed by atoms with van der Waals surface area (Å²) in [6.45, 7) is 5.09. The molecule has 7 heteroatoms. The Kier molecular flexibility index (Phi) is 8.50. The lowest BCUT2D eigenvalue weighted by Gasteiger charge is -2.27. The summed E-state index contributed by atoms with van der Waals surface area (Å²) in [4.78, 5) is 18.1. The van der Waals surface area contributed by atoms with Crippen molar-refractivity contribution < 1.29 is 4.79 Å². The molecule has 0 bridgehead atoms. The lowest BCUT2D eigenvalue weighted by Crippen LogP contribution is -2.47. The molecule has 0 unspecified atom stereocenters. The van der Waals surface area contributed by atoms with Crippen LogP contribution < -0.4 is 10.6 Å². The van der Waals surface area contributed by atoms with E-state index in [1.165, 1.54) is 5.69 Å². The van der Waals surface area contributed by atoms with Crippen LogP contribution in [0.5, 0.6) is 0 Å². The van der Waals surface area contributed by atoms with Gasteiger partial charge in [0.2, 0.25) is 5.91 Å². The quantitative estimate of drug-likeness (QED) is 0.430. The van der Waals surface area contributed by atoms with Crippen LogP contribution in [0.4, 0.5) is 0 Å². The zero-order chi connectivity index (χ0) is 16.0. The van der Waals surface area contributed by atoms with E-state index in [1.807, 2.05) is 45.1 Å². The molecule has 1 amide bonds. The minimum Gasteiger partial charge on any atom is -0.359 e. The predicted molar refractivity (Wildman–Crippen MR) is 102 cm³/mol. The number of hydrogen-bond donors (Lipinski definition) is 2. The van der Waals surface area contributed by atoms with Gasteiger partial charge < -0.3 is 20.1 Å². The number of amides is 1. The molecule has 0 fully saturated rings. The highest BCUT2D eigenvalue weighted by Gasteiger charge is 2.27. The second kappa shape index (κ2) is 9.02. The van der Waals surface area contributed by atoms with Crippen molar-refractivity contribution in [2.75, 3.05) is 27.7 Å². The van der Waals surface area contributed by atoms with Gasteiger partial charge in [-0.2, -0.15) is 0 Å². The molecule has 6 nitrogen and oxygen atoms in total. The first-order valence-corrected chi connectivity index (χ1v) is 7.06. The van der Waals surface area contributed by atoms with Gasteiger partial charge in [0.1, 0.15) is 0 Å². The summed E-state index contributed by atoms with van der Waals surface area (Å²) in [6.07, 6.45) is 2.02. The topological polar surface area (TPSA) is 61.7 Å². The van der Waals surface area contributed by atoms with E-state index in [2.05, 4.69) is 26.3 Å². The van der Waals surface area contributed by atoms with Crippen LogP contribution in [0.15, 0.2) is 23.3 Å². The number of aromatic nitrogens is 1. The number of aryl methyl sites for hydroxylation is 1. The Balaban J connectivity index is 0.00000441. The number of carbonyl (C=O) groups excluding carboxylic acids is 1. The van der Waals surface area contributed by atoms with Crippen LogP contribution >= 0.6 is 24.0 Å². The molecule has 0 spiro atoms. The van der Waals surface area contributed by atoms with E-state index in [4.69, 9.17) is 0 Å². The van der Waals surface area contributed by atoms with E-state index in [1.54, 1.807) is 14.1 Å². The number of rotatable bonds is 5. The van der Waals surface area contributed by atoms with Gasteiger partial charge in [-0.15, -0.1) is 24.0 Å². The predicted octanol–water partition coefficient (Wildman–Crippen LogP) is 1.42. The molecule has 0 atom stereocenters. The van der Waals surface area contributed by atoms with Gasteiger partial charge in [-0.3, -0.25) is 9.79 Å². The number of halogens is 1. The molecule has 0 aromatic carbocycles. The Labute approximate surface area is 150 Å². The summed E-state index contributed by atoms with van der Waals surface area (Å²) in [5, 5.41) is 5.95. The normalized spacial score (nSPS) is 11.6. The molecule has 22 heavy (non-hydrogen) atoms. The monoisotopic (exact) mass is 421 g/mol. The summed E-state index contributed by atoms with van der Waals surface area (Å²) in [5.74, 6) is 0.781. The first-order chi connectivity index (χ1) is 9.81. The van der Waals surface area contributed by atoms with Gasteiger partial charge in [0, 0.05) is 46.6 Å². The van der Waals surface area contributed by atoms with Crippen LogP contribution in [-0.2, 0) is 18.4 Å². The molecular formula is C15H28IN5O. The Morgan fingerprint density at radius 3 is 2.55 bits per heavy atom. The number of guanidine groups is 1. The molecule has 126 valence electrons. The van der Waals surface area contributed by atoms with Gasteiger partial charge in [0.05, 0.1) is 12.0 Å². The van der Waals surface area contributed by atoms with E-state index < -0.39 is 5.41 Å². The second-order valence-electron chi connectivity index (χ2n) is 5.83. The van der Waals surface area contributed by atoms with Crippen LogP contribution in [0, 0.1) is 5.41 Å². The largest absolute Gasteiger partial charge is 0.359 e. The van der Waals surface area contributed by atoms with E-state index in [0.29, 0.717) is 6.54 Å². The van der Waals surface area contributed by atoms with Crippen molar-refractivity contribution in [3.05, 3.63) is 24.0 Å². The minimum absolute atomic E-state index is 0. The van der Waals surface area contributed by atoms with Crippen molar-refractivity contribution in [3.8, 4) is 0 Å². The van der Waals surface area contributed by atoms with Crippen molar-refractivity contribution in [1.82, 2.24) is 20.1 Å². The van der Waals surface area contributed by atoms with E-state index >= 15 is 0 Å². The van der Waals surface area contributed by atoms with Crippen LogP contribution in [0.2, 0.25) is 0 Å². The van der Waals surface area contributed by atoms with E-state index in [-0.39, 0.29) is 29.9 Å². The highest BCUT2D eigenvalue weighted by molar-refractivity contribution is 14.0. The molecule has 0 saturated carbocycles. The molecule has 0 radical (unpaired) electrons. The molecule has 1 heterocycles. The second-order valence-corrected chi connectivity index (χ2v) is 5.83. The molecule has 0 aliphatic heterocycles. The smallest absolute Gasteiger partial charge is 0.227 e. The molecule has 0 saturated heterocycles. The third kappa shape index (κ3) is 5.51. The van der Waals surface area contributed by atoms with Gasteiger partial charge in [0.25, 0.3) is 0 Å². The highest BCUT2D eigenvalue weighted by Crippen LogP contribution is 2.13. The number of nitrogens with one attached hydrogen (secondary N) is 2. The Morgan fingerprint density at radius 2 is 2.09 bits per heavy atom. The molecule has 1 aromatic heterocycles. The van der Waals surface area contributed by atoms with Crippen LogP contribution in [0.3, 0.4) is 0 Å². The van der Waals surface area contributed by atoms with Crippen molar-refractivity contribution >= 4 is 35.8 Å². The first-order valence-electron chi connectivity index (χ1n) is 7.06. The number of aliphatic imine (C=N–C) groups is 1. The summed E-state index contributed by atoms with van der Waals surface area (Å²) in [5.41, 5.74) is 0.710. The molecule has 0 aliphatic rings. The third-order valence-electron chi connectivity index (χ3n) is 3.55. The van der Waals surface area contributed by atoms with Crippen molar-refractivity contribution in [2.45, 2.75) is 20.4 Å². The number of carbonyl (C=O) groups is 1. The Bertz CT molecular complexity index is 510. The Morgan fingerprint density at radius 1 is 1.45 bits per heavy atom. The van der Waals surface area contributed by atoms with E-state index in [9.17, 15) is 4.79 Å². The highest BCUT2D eigenvalue weighted by atomic mass is 127. The maximum Gasteiger partial charge on any atom is 0.227 e. The fraction of sp³-hybridized carbons (Fsp3) is 0.600. The maximum atomic E-state index is 11.8. The molecule has 2 N–H and O–H groups in total. The fourth-order valence-electron chi connectivity index (χ4n) is 2.08. The minimum atomic E-state index is -0.490. The van der Waals surface area contributed by atoms with Crippen molar-refractivity contribution in [2.24, 2.45) is 17.5 Å². The van der Waals surface area contributed by atoms with Gasteiger partial charge in [0.15, 0.2) is 5.96 Å². The number of nitrogens with zero attached hydrogens (tertiary/aromatic N) is 3. The van der Waals surface area contributed by atoms with Crippen LogP contribution in [0.25, 0.3) is 0 Å². The fourth-order valence-corrected chi connectivity index (χ4v) is 2.08. The summed E-state index contributed by atoms with van der Waals surface area (Å²) in [6, 6.07) is 4.10. The van der Waals surface area contributed by atoms with Crippen molar-refractivity contribution in [1.29, 1.82) is 0 Å². The Hall–Kier alpha value is -1.25.